The minimum absolute atomic E-state index is 0.0854. The Morgan fingerprint density at radius 3 is 2.87 bits per heavy atom. The minimum Gasteiger partial charge on any atom is -0.313 e. The molecule has 1 N–H and O–H groups in total. The molecule has 0 aliphatic carbocycles. The third-order valence-corrected chi connectivity index (χ3v) is 4.76. The Hall–Kier alpha value is -0.580. The Balaban J connectivity index is 2.64. The summed E-state index contributed by atoms with van der Waals surface area (Å²) < 4.78 is 23.5. The second kappa shape index (κ2) is 3.77. The molecule has 0 saturated carbocycles. The van der Waals surface area contributed by atoms with Gasteiger partial charge in [-0.1, -0.05) is 11.6 Å². The summed E-state index contributed by atoms with van der Waals surface area (Å²) in [6.45, 7) is 0. The predicted molar refractivity (Wildman–Crippen MR) is 59.9 cm³/mol. The van der Waals surface area contributed by atoms with Crippen LogP contribution in [0.3, 0.4) is 0 Å². The van der Waals surface area contributed by atoms with Gasteiger partial charge in [-0.15, -0.1) is 0 Å². The molecule has 82 valence electrons. The Labute approximate surface area is 94.4 Å². The molecule has 0 amide bonds. The van der Waals surface area contributed by atoms with Gasteiger partial charge in [-0.2, -0.15) is 0 Å². The average Bonchev–Trinajstić information content (AvgIpc) is 2.17. The van der Waals surface area contributed by atoms with Crippen LogP contribution in [0.1, 0.15) is 18.0 Å². The van der Waals surface area contributed by atoms with E-state index >= 15 is 0 Å². The third kappa shape index (κ3) is 1.89. The minimum atomic E-state index is -3.10. The quantitative estimate of drug-likeness (QED) is 0.821. The molecule has 0 bridgehead atoms. The summed E-state index contributed by atoms with van der Waals surface area (Å²) in [4.78, 5) is 0.414. The maximum Gasteiger partial charge on any atom is 0.178 e. The van der Waals surface area contributed by atoms with Gasteiger partial charge in [-0.25, -0.2) is 8.42 Å². The first kappa shape index (κ1) is 10.9. The summed E-state index contributed by atoms with van der Waals surface area (Å²) in [5, 5.41) is 3.68. The molecule has 1 unspecified atom stereocenters. The van der Waals surface area contributed by atoms with Gasteiger partial charge in [0.05, 0.1) is 10.6 Å². The predicted octanol–water partition coefficient (Wildman–Crippen LogP) is 1.78. The van der Waals surface area contributed by atoms with Gasteiger partial charge in [0.2, 0.25) is 0 Å². The first-order valence-corrected chi connectivity index (χ1v) is 6.77. The fourth-order valence-electron chi connectivity index (χ4n) is 1.91. The summed E-state index contributed by atoms with van der Waals surface area (Å²) in [6, 6.07) is 5.03. The van der Waals surface area contributed by atoms with Crippen molar-refractivity contribution in [3.8, 4) is 0 Å². The van der Waals surface area contributed by atoms with Gasteiger partial charge in [-0.3, -0.25) is 0 Å². The lowest BCUT2D eigenvalue weighted by Crippen LogP contribution is -2.27. The third-order valence-electron chi connectivity index (χ3n) is 2.71. The molecule has 0 spiro atoms. The molecule has 0 radical (unpaired) electrons. The van der Waals surface area contributed by atoms with Crippen molar-refractivity contribution in [3.63, 3.8) is 0 Å². The van der Waals surface area contributed by atoms with Gasteiger partial charge < -0.3 is 5.32 Å². The van der Waals surface area contributed by atoms with E-state index in [1.165, 1.54) is 0 Å². The van der Waals surface area contributed by atoms with Crippen molar-refractivity contribution in [3.05, 3.63) is 28.8 Å². The summed E-state index contributed by atoms with van der Waals surface area (Å²) in [5.41, 5.74) is 0.788. The molecule has 1 aromatic rings. The number of hydrogen-bond donors (Lipinski definition) is 1. The van der Waals surface area contributed by atoms with Gasteiger partial charge in [0.25, 0.3) is 0 Å². The number of hydrogen-bond acceptors (Lipinski definition) is 3. The smallest absolute Gasteiger partial charge is 0.178 e. The Morgan fingerprint density at radius 2 is 2.20 bits per heavy atom. The van der Waals surface area contributed by atoms with Crippen molar-refractivity contribution < 1.29 is 8.42 Å². The van der Waals surface area contributed by atoms with E-state index in [4.69, 9.17) is 11.6 Å². The number of rotatable bonds is 1. The zero-order valence-corrected chi connectivity index (χ0v) is 9.90. The van der Waals surface area contributed by atoms with E-state index in [-0.39, 0.29) is 11.8 Å². The second-order valence-corrected chi connectivity index (χ2v) is 6.14. The number of fused-ring (bicyclic) bond motifs is 1. The summed E-state index contributed by atoms with van der Waals surface area (Å²) in [5.74, 6) is 0.202. The first-order valence-electron chi connectivity index (χ1n) is 4.74. The maximum atomic E-state index is 11.8. The number of nitrogens with one attached hydrogen (secondary N) is 1. The largest absolute Gasteiger partial charge is 0.313 e. The molecule has 1 aliphatic rings. The molecular formula is C10H12ClNO2S. The van der Waals surface area contributed by atoms with E-state index in [2.05, 4.69) is 5.32 Å². The Bertz CT molecular complexity index is 484. The highest BCUT2D eigenvalue weighted by atomic mass is 35.5. The van der Waals surface area contributed by atoms with Crippen LogP contribution >= 0.6 is 11.6 Å². The number of halogens is 1. The Kier molecular flexibility index (Phi) is 2.75. The van der Waals surface area contributed by atoms with E-state index in [0.717, 1.165) is 5.56 Å². The molecular weight excluding hydrogens is 234 g/mol. The summed E-state index contributed by atoms with van der Waals surface area (Å²) in [6.07, 6.45) is 0.603. The molecule has 5 heteroatoms. The van der Waals surface area contributed by atoms with E-state index in [0.29, 0.717) is 16.3 Å². The van der Waals surface area contributed by atoms with Gasteiger partial charge in [0.1, 0.15) is 0 Å². The van der Waals surface area contributed by atoms with Crippen LogP contribution in [0.4, 0.5) is 0 Å². The molecule has 1 aromatic carbocycles. The second-order valence-electron chi connectivity index (χ2n) is 3.63. The van der Waals surface area contributed by atoms with Gasteiger partial charge in [0, 0.05) is 11.1 Å². The van der Waals surface area contributed by atoms with Crippen LogP contribution in [0.15, 0.2) is 23.1 Å². The molecule has 15 heavy (non-hydrogen) atoms. The van der Waals surface area contributed by atoms with Crippen LogP contribution in [0.25, 0.3) is 0 Å². The van der Waals surface area contributed by atoms with Gasteiger partial charge in [0.15, 0.2) is 9.84 Å². The van der Waals surface area contributed by atoms with Gasteiger partial charge >= 0.3 is 0 Å². The molecule has 1 aliphatic heterocycles. The normalized spacial score (nSPS) is 23.5. The van der Waals surface area contributed by atoms with E-state index < -0.39 is 9.84 Å². The molecule has 1 atom stereocenters. The number of sulfone groups is 1. The molecule has 1 heterocycles. The van der Waals surface area contributed by atoms with Crippen LogP contribution in [-0.4, -0.2) is 21.2 Å². The zero-order valence-electron chi connectivity index (χ0n) is 8.33. The number of benzene rings is 1. The van der Waals surface area contributed by atoms with E-state index in [9.17, 15) is 8.42 Å². The molecule has 0 fully saturated rings. The maximum absolute atomic E-state index is 11.8. The fourth-order valence-corrected chi connectivity index (χ4v) is 3.70. The lowest BCUT2D eigenvalue weighted by molar-refractivity contribution is 0.529. The highest BCUT2D eigenvalue weighted by Crippen LogP contribution is 2.33. The lowest BCUT2D eigenvalue weighted by Gasteiger charge is -2.25. The van der Waals surface area contributed by atoms with Crippen molar-refractivity contribution in [2.24, 2.45) is 0 Å². The van der Waals surface area contributed by atoms with E-state index in [1.54, 1.807) is 18.2 Å². The highest BCUT2D eigenvalue weighted by Gasteiger charge is 2.29. The SMILES string of the molecule is CNC1CCS(=O)(=O)c2ccc(Cl)cc21. The van der Waals surface area contributed by atoms with Crippen LogP contribution in [0.2, 0.25) is 5.02 Å². The zero-order chi connectivity index (χ0) is 11.1. The average molecular weight is 246 g/mol. The highest BCUT2D eigenvalue weighted by molar-refractivity contribution is 7.91. The molecule has 2 rings (SSSR count). The van der Waals surface area contributed by atoms with Crippen LogP contribution in [0, 0.1) is 0 Å². The van der Waals surface area contributed by atoms with Crippen LogP contribution in [-0.2, 0) is 9.84 Å². The van der Waals surface area contributed by atoms with Crippen molar-refractivity contribution >= 4 is 21.4 Å². The molecule has 3 nitrogen and oxygen atoms in total. The van der Waals surface area contributed by atoms with Crippen molar-refractivity contribution in [1.82, 2.24) is 5.32 Å². The van der Waals surface area contributed by atoms with Crippen molar-refractivity contribution in [1.29, 1.82) is 0 Å². The Morgan fingerprint density at radius 1 is 1.47 bits per heavy atom. The fraction of sp³-hybridized carbons (Fsp3) is 0.400. The van der Waals surface area contributed by atoms with Crippen LogP contribution < -0.4 is 5.32 Å². The first-order chi connectivity index (χ1) is 7.04. The topological polar surface area (TPSA) is 46.2 Å². The summed E-state index contributed by atoms with van der Waals surface area (Å²) in [7, 11) is -1.27. The molecule has 0 aromatic heterocycles. The van der Waals surface area contributed by atoms with Gasteiger partial charge in [-0.05, 0) is 37.2 Å². The van der Waals surface area contributed by atoms with Crippen molar-refractivity contribution in [2.45, 2.75) is 17.4 Å². The molecule has 0 saturated heterocycles. The standard InChI is InChI=1S/C10H12ClNO2S/c1-12-9-4-5-15(13,14)10-3-2-7(11)6-8(9)10/h2-3,6,9,12H,4-5H2,1H3. The van der Waals surface area contributed by atoms with Crippen LogP contribution in [0.5, 0.6) is 0 Å². The monoisotopic (exact) mass is 245 g/mol. The van der Waals surface area contributed by atoms with Crippen molar-refractivity contribution in [2.75, 3.05) is 12.8 Å². The van der Waals surface area contributed by atoms with E-state index in [1.807, 2.05) is 7.05 Å². The lowest BCUT2D eigenvalue weighted by atomic mass is 10.0. The summed E-state index contributed by atoms with van der Waals surface area (Å²) >= 11 is 5.87.